The first-order chi connectivity index (χ1) is 14.3. The summed E-state index contributed by atoms with van der Waals surface area (Å²) >= 11 is 0. The van der Waals surface area contributed by atoms with Crippen LogP contribution in [0.5, 0.6) is 0 Å². The number of nitrogens with zero attached hydrogens (tertiary/aromatic N) is 1. The van der Waals surface area contributed by atoms with E-state index < -0.39 is 34.5 Å². The molecule has 0 atom stereocenters. The second kappa shape index (κ2) is 8.91. The van der Waals surface area contributed by atoms with E-state index in [0.29, 0.717) is 0 Å². The molecule has 0 aromatic heterocycles. The van der Waals surface area contributed by atoms with E-state index in [4.69, 9.17) is 0 Å². The molecule has 0 radical (unpaired) electrons. The molecule has 0 bridgehead atoms. The van der Waals surface area contributed by atoms with Crippen molar-refractivity contribution in [2.45, 2.75) is 6.17 Å². The van der Waals surface area contributed by atoms with Gasteiger partial charge in [0.2, 0.25) is 0 Å². The Morgan fingerprint density at radius 1 is 0.800 bits per heavy atom. The lowest BCUT2D eigenvalue weighted by atomic mass is 10.1. The van der Waals surface area contributed by atoms with Crippen LogP contribution >= 0.6 is 0 Å². The predicted octanol–water partition coefficient (Wildman–Crippen LogP) is 3.73. The van der Waals surface area contributed by atoms with Crippen LogP contribution in [0.1, 0.15) is 32.4 Å². The Balaban J connectivity index is 1.89. The summed E-state index contributed by atoms with van der Waals surface area (Å²) in [6.45, 7) is 0. The van der Waals surface area contributed by atoms with Crippen LogP contribution in [0.25, 0.3) is 0 Å². The fourth-order valence-corrected chi connectivity index (χ4v) is 2.65. The maximum absolute atomic E-state index is 13.1. The number of benzene rings is 3. The van der Waals surface area contributed by atoms with Crippen LogP contribution in [0.2, 0.25) is 0 Å². The van der Waals surface area contributed by atoms with Gasteiger partial charge in [-0.25, -0.2) is 8.78 Å². The Labute approximate surface area is 169 Å². The maximum atomic E-state index is 13.1. The van der Waals surface area contributed by atoms with Crippen LogP contribution in [-0.2, 0) is 0 Å². The first-order valence-electron chi connectivity index (χ1n) is 8.71. The Morgan fingerprint density at radius 3 is 1.70 bits per heavy atom. The summed E-state index contributed by atoms with van der Waals surface area (Å²) in [6.07, 6.45) is -1.14. The van der Waals surface area contributed by atoms with Crippen molar-refractivity contribution in [1.29, 1.82) is 0 Å². The van der Waals surface area contributed by atoms with Crippen molar-refractivity contribution in [3.8, 4) is 0 Å². The summed E-state index contributed by atoms with van der Waals surface area (Å²) in [5, 5.41) is 16.2. The molecule has 3 aromatic carbocycles. The number of carbonyl (C=O) groups excluding carboxylic acids is 2. The van der Waals surface area contributed by atoms with Gasteiger partial charge < -0.3 is 10.6 Å². The average Bonchev–Trinajstić information content (AvgIpc) is 2.74. The number of rotatable bonds is 6. The van der Waals surface area contributed by atoms with Gasteiger partial charge >= 0.3 is 0 Å². The molecule has 152 valence electrons. The van der Waals surface area contributed by atoms with Gasteiger partial charge in [-0.1, -0.05) is 12.1 Å². The minimum atomic E-state index is -1.14. The third-order valence-electron chi connectivity index (χ3n) is 4.18. The molecule has 0 saturated heterocycles. The van der Waals surface area contributed by atoms with E-state index in [9.17, 15) is 28.5 Å². The van der Waals surface area contributed by atoms with Crippen molar-refractivity contribution in [3.63, 3.8) is 0 Å². The van der Waals surface area contributed by atoms with Crippen LogP contribution < -0.4 is 10.6 Å². The molecule has 2 N–H and O–H groups in total. The lowest BCUT2D eigenvalue weighted by Gasteiger charge is -2.21. The van der Waals surface area contributed by atoms with Crippen molar-refractivity contribution in [2.75, 3.05) is 0 Å². The van der Waals surface area contributed by atoms with Crippen molar-refractivity contribution in [3.05, 3.63) is 111 Å². The number of nitrogens with one attached hydrogen (secondary N) is 2. The molecule has 0 heterocycles. The highest BCUT2D eigenvalue weighted by molar-refractivity contribution is 5.96. The second-order valence-corrected chi connectivity index (χ2v) is 6.25. The summed E-state index contributed by atoms with van der Waals surface area (Å²) < 4.78 is 26.2. The van der Waals surface area contributed by atoms with Crippen LogP contribution in [0.4, 0.5) is 14.5 Å². The van der Waals surface area contributed by atoms with Gasteiger partial charge in [0.25, 0.3) is 17.5 Å². The molecule has 0 saturated carbocycles. The molecule has 9 heteroatoms. The summed E-state index contributed by atoms with van der Waals surface area (Å²) in [5.74, 6) is -2.31. The van der Waals surface area contributed by atoms with Crippen molar-refractivity contribution in [2.24, 2.45) is 0 Å². The number of amides is 2. The lowest BCUT2D eigenvalue weighted by Crippen LogP contribution is -2.41. The van der Waals surface area contributed by atoms with Gasteiger partial charge in [0.15, 0.2) is 0 Å². The number of non-ortho nitro benzene ring substituents is 1. The van der Waals surface area contributed by atoms with Crippen LogP contribution in [-0.4, -0.2) is 16.7 Å². The van der Waals surface area contributed by atoms with E-state index in [-0.39, 0.29) is 22.4 Å². The van der Waals surface area contributed by atoms with Crippen LogP contribution in [0, 0.1) is 21.7 Å². The largest absolute Gasteiger partial charge is 0.328 e. The standard InChI is InChI=1S/C21H15F2N3O4/c22-16-8-4-13(5-9-16)20(27)24-19(15-2-1-3-18(12-15)26(29)30)25-21(28)14-6-10-17(23)11-7-14/h1-12,19H,(H,24,27)(H,25,28). The predicted molar refractivity (Wildman–Crippen MR) is 104 cm³/mol. The molecule has 7 nitrogen and oxygen atoms in total. The monoisotopic (exact) mass is 411 g/mol. The van der Waals surface area contributed by atoms with Gasteiger partial charge in [0.05, 0.1) is 4.92 Å². The maximum Gasteiger partial charge on any atom is 0.269 e. The minimum Gasteiger partial charge on any atom is -0.328 e. The Bertz CT molecular complexity index is 1030. The number of halogens is 2. The van der Waals surface area contributed by atoms with Gasteiger partial charge in [-0.2, -0.15) is 0 Å². The van der Waals surface area contributed by atoms with Gasteiger partial charge in [-0.15, -0.1) is 0 Å². The summed E-state index contributed by atoms with van der Waals surface area (Å²) in [4.78, 5) is 35.6. The molecule has 0 unspecified atom stereocenters. The smallest absolute Gasteiger partial charge is 0.269 e. The van der Waals surface area contributed by atoms with E-state index in [1.54, 1.807) is 0 Å². The highest BCUT2D eigenvalue weighted by atomic mass is 19.1. The quantitative estimate of drug-likeness (QED) is 0.367. The molecule has 0 fully saturated rings. The fraction of sp³-hybridized carbons (Fsp3) is 0.0476. The number of nitro groups is 1. The topological polar surface area (TPSA) is 101 Å². The van der Waals surface area contributed by atoms with E-state index in [1.807, 2.05) is 0 Å². The third-order valence-corrected chi connectivity index (χ3v) is 4.18. The van der Waals surface area contributed by atoms with Gasteiger partial charge in [-0.05, 0) is 48.5 Å². The van der Waals surface area contributed by atoms with Crippen molar-refractivity contribution >= 4 is 17.5 Å². The average molecular weight is 411 g/mol. The summed E-state index contributed by atoms with van der Waals surface area (Å²) in [7, 11) is 0. The number of nitro benzene ring substituents is 1. The van der Waals surface area contributed by atoms with Crippen LogP contribution in [0.15, 0.2) is 72.8 Å². The molecule has 3 rings (SSSR count). The van der Waals surface area contributed by atoms with Gasteiger partial charge in [0.1, 0.15) is 17.8 Å². The van der Waals surface area contributed by atoms with Gasteiger partial charge in [-0.3, -0.25) is 19.7 Å². The number of hydrogen-bond donors (Lipinski definition) is 2. The zero-order valence-electron chi connectivity index (χ0n) is 15.3. The minimum absolute atomic E-state index is 0.128. The normalized spacial score (nSPS) is 10.5. The highest BCUT2D eigenvalue weighted by Gasteiger charge is 2.21. The molecule has 2 amide bonds. The summed E-state index contributed by atoms with van der Waals surface area (Å²) in [6, 6.07) is 14.8. The molecular formula is C21H15F2N3O4. The van der Waals surface area contributed by atoms with Crippen molar-refractivity contribution < 1.29 is 23.3 Å². The first-order valence-corrected chi connectivity index (χ1v) is 8.71. The SMILES string of the molecule is O=C(NC(NC(=O)c1ccc(F)cc1)c1cccc([N+](=O)[O-])c1)c1ccc(F)cc1. The molecule has 3 aromatic rings. The number of hydrogen-bond acceptors (Lipinski definition) is 4. The summed E-state index contributed by atoms with van der Waals surface area (Å²) in [5.41, 5.74) is 0.269. The molecule has 30 heavy (non-hydrogen) atoms. The van der Waals surface area contributed by atoms with Crippen LogP contribution in [0.3, 0.4) is 0 Å². The molecule has 0 aliphatic rings. The third kappa shape index (κ3) is 5.02. The Morgan fingerprint density at radius 2 is 1.27 bits per heavy atom. The lowest BCUT2D eigenvalue weighted by molar-refractivity contribution is -0.384. The second-order valence-electron chi connectivity index (χ2n) is 6.25. The van der Waals surface area contributed by atoms with E-state index in [2.05, 4.69) is 10.6 Å². The van der Waals surface area contributed by atoms with E-state index >= 15 is 0 Å². The molecule has 0 aliphatic carbocycles. The molecule has 0 aliphatic heterocycles. The Hall–Kier alpha value is -4.14. The number of carbonyl (C=O) groups is 2. The van der Waals surface area contributed by atoms with Gasteiger partial charge in [0, 0.05) is 28.8 Å². The molecule has 0 spiro atoms. The van der Waals surface area contributed by atoms with E-state index in [1.165, 1.54) is 48.5 Å². The first kappa shape index (κ1) is 20.6. The highest BCUT2D eigenvalue weighted by Crippen LogP contribution is 2.19. The fourth-order valence-electron chi connectivity index (χ4n) is 2.65. The zero-order chi connectivity index (χ0) is 21.7. The van der Waals surface area contributed by atoms with E-state index in [0.717, 1.165) is 24.3 Å². The van der Waals surface area contributed by atoms with Crippen molar-refractivity contribution in [1.82, 2.24) is 10.6 Å². The zero-order valence-corrected chi connectivity index (χ0v) is 15.3. The Kier molecular flexibility index (Phi) is 6.11. The molecular weight excluding hydrogens is 396 g/mol.